The van der Waals surface area contributed by atoms with Crippen molar-refractivity contribution in [2.75, 3.05) is 18.4 Å². The molecule has 0 spiro atoms. The zero-order valence-electron chi connectivity index (χ0n) is 19.9. The van der Waals surface area contributed by atoms with Gasteiger partial charge in [0.1, 0.15) is 17.6 Å². The maximum Gasteiger partial charge on any atom is 0.258 e. The van der Waals surface area contributed by atoms with Crippen molar-refractivity contribution < 1.29 is 26.4 Å². The molecular weight excluding hydrogens is 500 g/mol. The van der Waals surface area contributed by atoms with E-state index in [2.05, 4.69) is 15.0 Å². The molecule has 0 saturated carbocycles. The number of aryl methyl sites for hydroxylation is 1. The fourth-order valence-electron chi connectivity index (χ4n) is 3.46. The summed E-state index contributed by atoms with van der Waals surface area (Å²) < 4.78 is 59.5. The van der Waals surface area contributed by atoms with E-state index in [1.807, 2.05) is 33.8 Å². The van der Waals surface area contributed by atoms with Crippen LogP contribution in [0, 0.1) is 12.3 Å². The second-order valence-corrected chi connectivity index (χ2v) is 13.4. The molecule has 0 aliphatic carbocycles. The lowest BCUT2D eigenvalue weighted by Gasteiger charge is -2.26. The highest BCUT2D eigenvalue weighted by molar-refractivity contribution is 7.93. The van der Waals surface area contributed by atoms with Gasteiger partial charge in [0, 0.05) is 18.5 Å². The van der Waals surface area contributed by atoms with Crippen LogP contribution in [0.25, 0.3) is 0 Å². The molecule has 10 nitrogen and oxygen atoms in total. The Bertz CT molecular complexity index is 1330. The number of anilines is 1. The van der Waals surface area contributed by atoms with E-state index >= 15 is 0 Å². The number of nitrogens with zero attached hydrogens (tertiary/aromatic N) is 2. The number of amidine groups is 1. The van der Waals surface area contributed by atoms with Crippen molar-refractivity contribution >= 4 is 42.9 Å². The molecule has 3 heterocycles. The molecule has 1 aliphatic rings. The number of aromatic hydroxyl groups is 1. The number of rotatable bonds is 8. The van der Waals surface area contributed by atoms with Crippen molar-refractivity contribution in [1.82, 2.24) is 9.03 Å². The van der Waals surface area contributed by atoms with E-state index in [-0.39, 0.29) is 34.5 Å². The molecule has 0 amide bonds. The maximum atomic E-state index is 12.8. The summed E-state index contributed by atoms with van der Waals surface area (Å²) in [5.74, 6) is 0.840. The van der Waals surface area contributed by atoms with Crippen LogP contribution in [-0.2, 0) is 20.0 Å². The van der Waals surface area contributed by atoms with Gasteiger partial charge in [-0.1, -0.05) is 34.6 Å². The first-order valence-corrected chi connectivity index (χ1v) is 14.5. The summed E-state index contributed by atoms with van der Waals surface area (Å²) in [6.45, 7) is 11.6. The summed E-state index contributed by atoms with van der Waals surface area (Å²) in [6.07, 6.45) is 0. The molecule has 0 aromatic carbocycles. The number of sulfonamides is 2. The fraction of sp³-hybridized carbons (Fsp3) is 0.476. The van der Waals surface area contributed by atoms with Crippen LogP contribution in [0.5, 0.6) is 5.75 Å². The van der Waals surface area contributed by atoms with E-state index in [1.54, 1.807) is 19.9 Å². The molecule has 0 unspecified atom stereocenters. The van der Waals surface area contributed by atoms with Crippen LogP contribution in [0.4, 0.5) is 5.69 Å². The van der Waals surface area contributed by atoms with Crippen molar-refractivity contribution in [3.63, 3.8) is 0 Å². The van der Waals surface area contributed by atoms with E-state index in [1.165, 1.54) is 9.69 Å². The Morgan fingerprint density at radius 1 is 1.26 bits per heavy atom. The average molecular weight is 531 g/mol. The van der Waals surface area contributed by atoms with Crippen LogP contribution in [-0.4, -0.2) is 45.2 Å². The summed E-state index contributed by atoms with van der Waals surface area (Å²) in [4.78, 5) is 4.64. The summed E-state index contributed by atoms with van der Waals surface area (Å²) in [6, 6.07) is 3.09. The molecule has 1 aliphatic heterocycles. The van der Waals surface area contributed by atoms with Gasteiger partial charge in [0.05, 0.1) is 16.8 Å². The Morgan fingerprint density at radius 3 is 2.44 bits per heavy atom. The number of aliphatic imine (C=N–C) groups is 1. The van der Waals surface area contributed by atoms with E-state index in [9.17, 15) is 21.9 Å². The minimum atomic E-state index is -3.89. The van der Waals surface area contributed by atoms with Crippen molar-refractivity contribution in [3.05, 3.63) is 40.1 Å². The monoisotopic (exact) mass is 530 g/mol. The minimum Gasteiger partial charge on any atom is -0.504 e. The van der Waals surface area contributed by atoms with E-state index in [4.69, 9.17) is 4.42 Å². The Morgan fingerprint density at radius 2 is 1.91 bits per heavy atom. The number of nitrogens with one attached hydrogen (secondary N) is 2. The molecule has 2 aromatic heterocycles. The molecule has 3 rings (SSSR count). The average Bonchev–Trinajstić information content (AvgIpc) is 3.37. The first-order valence-electron chi connectivity index (χ1n) is 10.7. The third-order valence-corrected chi connectivity index (χ3v) is 9.72. The molecule has 3 N–H and O–H groups in total. The molecule has 0 fully saturated rings. The molecule has 1 atom stereocenters. The van der Waals surface area contributed by atoms with Crippen LogP contribution < -0.4 is 10.0 Å². The number of hydrogen-bond acceptors (Lipinski definition) is 9. The maximum absolute atomic E-state index is 12.8. The van der Waals surface area contributed by atoms with Crippen LogP contribution >= 0.6 is 11.3 Å². The molecule has 0 radical (unpaired) electrons. The fourth-order valence-corrected chi connectivity index (χ4v) is 7.26. The first kappa shape index (κ1) is 26.3. The molecule has 188 valence electrons. The Hall–Kier alpha value is -2.35. The Labute approximate surface area is 204 Å². The van der Waals surface area contributed by atoms with Crippen LogP contribution in [0.3, 0.4) is 0 Å². The van der Waals surface area contributed by atoms with Crippen LogP contribution in [0.15, 0.2) is 42.2 Å². The number of thiophene rings is 1. The zero-order chi connectivity index (χ0) is 25.5. The van der Waals surface area contributed by atoms with E-state index < -0.39 is 37.3 Å². The summed E-state index contributed by atoms with van der Waals surface area (Å²) >= 11 is 0.850. The normalized spacial score (nSPS) is 18.2. The predicted molar refractivity (Wildman–Crippen MR) is 133 cm³/mol. The summed E-state index contributed by atoms with van der Waals surface area (Å²) in [5, 5.41) is 15.9. The van der Waals surface area contributed by atoms with Gasteiger partial charge in [0.2, 0.25) is 0 Å². The SMILES string of the molecule is CCN(CC)S(=O)(=O)c1scc(NC2=CS(=O)(=O)NC2=N[C@@H](c2ccc(C)o2)C(C)(C)C)c1O. The van der Waals surface area contributed by atoms with E-state index in [0.717, 1.165) is 16.7 Å². The summed E-state index contributed by atoms with van der Waals surface area (Å²) in [7, 11) is -7.72. The lowest BCUT2D eigenvalue weighted by molar-refractivity contribution is 0.283. The number of furan rings is 1. The van der Waals surface area contributed by atoms with Crippen molar-refractivity contribution in [3.8, 4) is 5.75 Å². The van der Waals surface area contributed by atoms with Gasteiger partial charge in [-0.15, -0.1) is 11.3 Å². The third kappa shape index (κ3) is 5.32. The van der Waals surface area contributed by atoms with Gasteiger partial charge in [0.15, 0.2) is 15.8 Å². The minimum absolute atomic E-state index is 0.0349. The van der Waals surface area contributed by atoms with Gasteiger partial charge in [-0.25, -0.2) is 16.8 Å². The third-order valence-electron chi connectivity index (χ3n) is 5.16. The van der Waals surface area contributed by atoms with Gasteiger partial charge in [-0.3, -0.25) is 9.71 Å². The number of hydrogen-bond donors (Lipinski definition) is 3. The highest BCUT2D eigenvalue weighted by Crippen LogP contribution is 2.41. The highest BCUT2D eigenvalue weighted by Gasteiger charge is 2.34. The molecule has 0 bridgehead atoms. The van der Waals surface area contributed by atoms with Crippen LogP contribution in [0.1, 0.15) is 52.2 Å². The zero-order valence-corrected chi connectivity index (χ0v) is 22.4. The molecular formula is C21H30N4O6S3. The largest absolute Gasteiger partial charge is 0.504 e. The molecule has 13 heteroatoms. The van der Waals surface area contributed by atoms with Gasteiger partial charge in [-0.2, -0.15) is 4.31 Å². The second-order valence-electron chi connectivity index (χ2n) is 8.87. The smallest absolute Gasteiger partial charge is 0.258 e. The Balaban J connectivity index is 2.00. The van der Waals surface area contributed by atoms with Crippen molar-refractivity contribution in [1.29, 1.82) is 0 Å². The Kier molecular flexibility index (Phi) is 7.23. The highest BCUT2D eigenvalue weighted by atomic mass is 32.2. The molecule has 34 heavy (non-hydrogen) atoms. The van der Waals surface area contributed by atoms with Gasteiger partial charge in [-0.05, 0) is 24.5 Å². The predicted octanol–water partition coefficient (Wildman–Crippen LogP) is 3.76. The lowest BCUT2D eigenvalue weighted by atomic mass is 9.85. The van der Waals surface area contributed by atoms with Crippen LogP contribution in [0.2, 0.25) is 0 Å². The van der Waals surface area contributed by atoms with Gasteiger partial charge >= 0.3 is 0 Å². The lowest BCUT2D eigenvalue weighted by Crippen LogP contribution is -2.30. The molecule has 2 aromatic rings. The van der Waals surface area contributed by atoms with E-state index in [0.29, 0.717) is 11.5 Å². The quantitative estimate of drug-likeness (QED) is 0.472. The van der Waals surface area contributed by atoms with Gasteiger partial charge < -0.3 is 14.8 Å². The van der Waals surface area contributed by atoms with Crippen molar-refractivity contribution in [2.45, 2.75) is 51.8 Å². The second kappa shape index (κ2) is 9.36. The van der Waals surface area contributed by atoms with Crippen molar-refractivity contribution in [2.24, 2.45) is 10.4 Å². The first-order chi connectivity index (χ1) is 15.7. The standard InChI is InChI=1S/C21H30N4O6S3/c1-7-25(8-2)34(29,30)20-17(26)14(11-32-20)22-15-12-33(27,28)24-19(15)23-18(21(4,5)6)16-10-9-13(3)31-16/h9-12,18,22,26H,7-8H2,1-6H3,(H,23,24)/t18-/m0/s1. The summed E-state index contributed by atoms with van der Waals surface area (Å²) in [5.41, 5.74) is -0.265. The molecule has 0 saturated heterocycles. The van der Waals surface area contributed by atoms with Gasteiger partial charge in [0.25, 0.3) is 20.0 Å². The topological polar surface area (TPSA) is 141 Å².